The molecule has 2 bridgehead atoms. The first-order valence-corrected chi connectivity index (χ1v) is 18.1. The van der Waals surface area contributed by atoms with Crippen molar-refractivity contribution in [1.29, 1.82) is 0 Å². The van der Waals surface area contributed by atoms with Gasteiger partial charge < -0.3 is 19.5 Å². The zero-order valence-electron chi connectivity index (χ0n) is 25.9. The van der Waals surface area contributed by atoms with E-state index >= 15 is 0 Å². The van der Waals surface area contributed by atoms with Gasteiger partial charge in [-0.05, 0) is 112 Å². The third-order valence-electron chi connectivity index (χ3n) is 9.85. The van der Waals surface area contributed by atoms with Crippen LogP contribution in [0, 0.1) is 11.8 Å². The summed E-state index contributed by atoms with van der Waals surface area (Å²) in [6, 6.07) is 10.6. The van der Waals surface area contributed by atoms with Crippen LogP contribution in [-0.4, -0.2) is 68.2 Å². The van der Waals surface area contributed by atoms with Gasteiger partial charge >= 0.3 is 10.2 Å². The van der Waals surface area contributed by atoms with Gasteiger partial charge in [-0.3, -0.25) is 4.79 Å². The van der Waals surface area contributed by atoms with Gasteiger partial charge in [-0.25, -0.2) is 4.72 Å². The van der Waals surface area contributed by atoms with Crippen LogP contribution in [0.2, 0.25) is 5.02 Å². The maximum absolute atomic E-state index is 13.7. The minimum absolute atomic E-state index is 0.108. The van der Waals surface area contributed by atoms with Crippen molar-refractivity contribution in [3.05, 3.63) is 70.3 Å². The molecule has 3 heterocycles. The lowest BCUT2D eigenvalue weighted by Crippen LogP contribution is -2.50. The van der Waals surface area contributed by atoms with Gasteiger partial charge in [0, 0.05) is 42.9 Å². The molecule has 6 rings (SSSR count). The lowest BCUT2D eigenvalue weighted by atomic mass is 9.70. The van der Waals surface area contributed by atoms with E-state index in [1.54, 1.807) is 18.2 Å². The smallest absolute Gasteiger partial charge is 0.304 e. The summed E-state index contributed by atoms with van der Waals surface area (Å²) in [4.78, 5) is 15.9. The van der Waals surface area contributed by atoms with E-state index in [1.807, 2.05) is 37.3 Å². The standard InChI is InChI=1S/C34H44ClN3O6S/c1-23-6-4-9-32(39)30-14-11-26(30)20-37-16-3-2-7-24-18-28(35)13-10-27(24)22-44-33-15-12-25(19-31(33)37)34(40)36-45(41,42)38(23)21-29-8-5-17-43-29/h4,9-10,12-13,15,18-19,23,26,29-30,32,39H,2-3,5-8,11,14,16-17,20-22H2,1H3,(H,36,40)/b9-4+/t23-,26+,29+,30-,32?/m1/s1. The highest BCUT2D eigenvalue weighted by Crippen LogP contribution is 2.41. The van der Waals surface area contributed by atoms with Crippen molar-refractivity contribution in [3.8, 4) is 5.75 Å². The van der Waals surface area contributed by atoms with E-state index in [1.165, 1.54) is 9.87 Å². The molecule has 0 radical (unpaired) electrons. The normalized spacial score (nSPS) is 30.1. The van der Waals surface area contributed by atoms with Crippen LogP contribution in [-0.2, 0) is 28.0 Å². The Kier molecular flexibility index (Phi) is 10.1. The Morgan fingerprint density at radius 2 is 1.93 bits per heavy atom. The molecule has 244 valence electrons. The molecule has 3 aliphatic heterocycles. The van der Waals surface area contributed by atoms with E-state index in [4.69, 9.17) is 21.1 Å². The summed E-state index contributed by atoms with van der Waals surface area (Å²) in [5.74, 6) is 0.328. The third-order valence-corrected chi connectivity index (χ3v) is 11.7. The fraction of sp³-hybridized carbons (Fsp3) is 0.559. The number of aliphatic hydroxyl groups excluding tert-OH is 1. The summed E-state index contributed by atoms with van der Waals surface area (Å²) in [7, 11) is -4.21. The number of hydrogen-bond donors (Lipinski definition) is 2. The number of rotatable bonds is 2. The van der Waals surface area contributed by atoms with Gasteiger partial charge in [-0.15, -0.1) is 0 Å². The minimum Gasteiger partial charge on any atom is -0.487 e. The molecule has 1 unspecified atom stereocenters. The topological polar surface area (TPSA) is 108 Å². The van der Waals surface area contributed by atoms with E-state index in [-0.39, 0.29) is 30.0 Å². The second-order valence-electron chi connectivity index (χ2n) is 12.9. The van der Waals surface area contributed by atoms with Crippen LogP contribution in [0.4, 0.5) is 5.69 Å². The Bertz CT molecular complexity index is 1510. The Hall–Kier alpha value is -2.63. The summed E-state index contributed by atoms with van der Waals surface area (Å²) < 4.78 is 43.4. The number of nitrogens with zero attached hydrogens (tertiary/aromatic N) is 2. The number of amides is 1. The lowest BCUT2D eigenvalue weighted by Gasteiger charge is -2.42. The summed E-state index contributed by atoms with van der Waals surface area (Å²) in [6.45, 7) is 4.37. The van der Waals surface area contributed by atoms with Crippen LogP contribution < -0.4 is 14.4 Å². The van der Waals surface area contributed by atoms with Crippen LogP contribution in [0.5, 0.6) is 5.75 Å². The number of carbonyl (C=O) groups is 1. The molecule has 2 aromatic carbocycles. The molecule has 9 nitrogen and oxygen atoms in total. The van der Waals surface area contributed by atoms with Gasteiger partial charge in [0.2, 0.25) is 0 Å². The molecule has 1 saturated carbocycles. The van der Waals surface area contributed by atoms with Crippen molar-refractivity contribution >= 4 is 33.4 Å². The number of benzene rings is 2. The Balaban J connectivity index is 1.36. The molecule has 1 saturated heterocycles. The molecule has 2 aromatic rings. The van der Waals surface area contributed by atoms with Gasteiger partial charge in [0.05, 0.1) is 17.9 Å². The van der Waals surface area contributed by atoms with Crippen molar-refractivity contribution in [1.82, 2.24) is 9.03 Å². The Labute approximate surface area is 271 Å². The van der Waals surface area contributed by atoms with Gasteiger partial charge in [-0.2, -0.15) is 12.7 Å². The SMILES string of the molecule is C[C@@H]1C/C=C/C(O)[C@@H]2CC[C@H]2CN2CCCCc3cc(Cl)ccc3COc3ccc(cc32)C(=O)NS(=O)(=O)N1C[C@@H]1CCCO1. The van der Waals surface area contributed by atoms with E-state index in [2.05, 4.69) is 9.62 Å². The zero-order chi connectivity index (χ0) is 31.6. The van der Waals surface area contributed by atoms with Crippen molar-refractivity contribution in [2.75, 3.05) is 31.1 Å². The maximum atomic E-state index is 13.7. The molecule has 1 amide bonds. The summed E-state index contributed by atoms with van der Waals surface area (Å²) >= 11 is 6.32. The highest BCUT2D eigenvalue weighted by atomic mass is 35.5. The highest BCUT2D eigenvalue weighted by molar-refractivity contribution is 7.87. The van der Waals surface area contributed by atoms with Crippen molar-refractivity contribution in [2.24, 2.45) is 11.8 Å². The average molecular weight is 658 g/mol. The quantitative estimate of drug-likeness (QED) is 0.425. The third kappa shape index (κ3) is 7.52. The van der Waals surface area contributed by atoms with Crippen molar-refractivity contribution < 1.29 is 27.8 Å². The van der Waals surface area contributed by atoms with Crippen molar-refractivity contribution in [3.63, 3.8) is 0 Å². The van der Waals surface area contributed by atoms with Crippen LogP contribution in [0.1, 0.15) is 73.4 Å². The number of hydrogen-bond acceptors (Lipinski definition) is 7. The minimum atomic E-state index is -4.21. The number of anilines is 1. The second kappa shape index (κ2) is 14.0. The molecule has 11 heteroatoms. The average Bonchev–Trinajstić information content (AvgIpc) is 3.50. The van der Waals surface area contributed by atoms with E-state index in [0.29, 0.717) is 37.0 Å². The molecule has 0 spiro atoms. The number of aliphatic hydroxyl groups is 1. The molecule has 2 fully saturated rings. The molecule has 2 N–H and O–H groups in total. The van der Waals surface area contributed by atoms with E-state index < -0.39 is 28.3 Å². The fourth-order valence-electron chi connectivity index (χ4n) is 7.05. The summed E-state index contributed by atoms with van der Waals surface area (Å²) in [5, 5.41) is 11.9. The maximum Gasteiger partial charge on any atom is 0.304 e. The second-order valence-corrected chi connectivity index (χ2v) is 15.0. The summed E-state index contributed by atoms with van der Waals surface area (Å²) in [5.41, 5.74) is 3.23. The lowest BCUT2D eigenvalue weighted by molar-refractivity contribution is 0.0460. The Morgan fingerprint density at radius 1 is 1.07 bits per heavy atom. The van der Waals surface area contributed by atoms with E-state index in [0.717, 1.165) is 62.7 Å². The number of nitrogens with one attached hydrogen (secondary N) is 1. The number of aryl methyl sites for hydroxylation is 1. The van der Waals surface area contributed by atoms with Gasteiger partial charge in [0.1, 0.15) is 12.4 Å². The summed E-state index contributed by atoms with van der Waals surface area (Å²) in [6.07, 6.45) is 9.59. The van der Waals surface area contributed by atoms with Gasteiger partial charge in [-0.1, -0.05) is 29.8 Å². The predicted octanol–water partition coefficient (Wildman–Crippen LogP) is 5.25. The number of carbonyl (C=O) groups excluding carboxylic acids is 1. The Morgan fingerprint density at radius 3 is 2.71 bits per heavy atom. The molecule has 5 atom stereocenters. The molecular formula is C34H44ClN3O6S. The van der Waals surface area contributed by atoms with Crippen molar-refractivity contribution in [2.45, 2.75) is 83.1 Å². The highest BCUT2D eigenvalue weighted by Gasteiger charge is 2.38. The first-order valence-electron chi connectivity index (χ1n) is 16.3. The number of ether oxygens (including phenoxy) is 2. The monoisotopic (exact) mass is 657 g/mol. The van der Waals surface area contributed by atoms with E-state index in [9.17, 15) is 18.3 Å². The van der Waals surface area contributed by atoms with Crippen LogP contribution in [0.25, 0.3) is 0 Å². The molecular weight excluding hydrogens is 614 g/mol. The van der Waals surface area contributed by atoms with Gasteiger partial charge in [0.25, 0.3) is 5.91 Å². The number of halogens is 1. The molecule has 4 aliphatic rings. The molecule has 45 heavy (non-hydrogen) atoms. The van der Waals surface area contributed by atoms with Crippen LogP contribution >= 0.6 is 11.6 Å². The number of fused-ring (bicyclic) bond motifs is 3. The molecule has 0 aromatic heterocycles. The van der Waals surface area contributed by atoms with Crippen LogP contribution in [0.3, 0.4) is 0 Å². The predicted molar refractivity (Wildman–Crippen MR) is 175 cm³/mol. The zero-order valence-corrected chi connectivity index (χ0v) is 27.4. The molecule has 1 aliphatic carbocycles. The largest absolute Gasteiger partial charge is 0.487 e. The fourth-order valence-corrected chi connectivity index (χ4v) is 8.63. The first kappa shape index (κ1) is 32.3. The van der Waals surface area contributed by atoms with Crippen LogP contribution in [0.15, 0.2) is 48.6 Å². The first-order chi connectivity index (χ1) is 21.7. The van der Waals surface area contributed by atoms with Gasteiger partial charge in [0.15, 0.2) is 0 Å².